The SMILES string of the molecule is CC[C@H](N)c1ccccc1Sc1ncccc1Cl. The van der Waals surface area contributed by atoms with Gasteiger partial charge in [-0.3, -0.25) is 0 Å². The first kappa shape index (κ1) is 13.4. The van der Waals surface area contributed by atoms with Crippen LogP contribution < -0.4 is 5.73 Å². The molecule has 0 unspecified atom stereocenters. The molecule has 1 atom stereocenters. The van der Waals surface area contributed by atoms with Gasteiger partial charge in [0, 0.05) is 17.1 Å². The van der Waals surface area contributed by atoms with Crippen LogP contribution in [0.3, 0.4) is 0 Å². The molecule has 0 radical (unpaired) electrons. The first-order valence-corrected chi connectivity index (χ1v) is 7.04. The Labute approximate surface area is 117 Å². The van der Waals surface area contributed by atoms with E-state index in [0.717, 1.165) is 21.9 Å². The van der Waals surface area contributed by atoms with Gasteiger partial charge in [-0.15, -0.1) is 0 Å². The molecule has 0 saturated heterocycles. The predicted molar refractivity (Wildman–Crippen MR) is 77.0 cm³/mol. The average molecular weight is 279 g/mol. The molecule has 1 heterocycles. The van der Waals surface area contributed by atoms with E-state index in [1.54, 1.807) is 18.0 Å². The Kier molecular flexibility index (Phi) is 4.64. The number of halogens is 1. The Morgan fingerprint density at radius 3 is 2.78 bits per heavy atom. The van der Waals surface area contributed by atoms with E-state index in [-0.39, 0.29) is 6.04 Å². The lowest BCUT2D eigenvalue weighted by Crippen LogP contribution is -2.09. The van der Waals surface area contributed by atoms with Gasteiger partial charge in [-0.2, -0.15) is 0 Å². The molecule has 1 aromatic heterocycles. The van der Waals surface area contributed by atoms with E-state index in [0.29, 0.717) is 5.02 Å². The van der Waals surface area contributed by atoms with E-state index in [4.69, 9.17) is 17.3 Å². The third-order valence-corrected chi connectivity index (χ3v) is 4.22. The molecular formula is C14H15ClN2S. The molecule has 0 saturated carbocycles. The Morgan fingerprint density at radius 2 is 2.06 bits per heavy atom. The van der Waals surface area contributed by atoms with Crippen LogP contribution in [-0.2, 0) is 0 Å². The second kappa shape index (κ2) is 6.23. The van der Waals surface area contributed by atoms with Crippen molar-refractivity contribution in [3.05, 3.63) is 53.2 Å². The lowest BCUT2D eigenvalue weighted by Gasteiger charge is -2.14. The van der Waals surface area contributed by atoms with Gasteiger partial charge in [0.25, 0.3) is 0 Å². The predicted octanol–water partition coefficient (Wildman–Crippen LogP) is 4.30. The molecule has 2 aromatic rings. The maximum Gasteiger partial charge on any atom is 0.119 e. The van der Waals surface area contributed by atoms with Gasteiger partial charge in [-0.05, 0) is 30.2 Å². The van der Waals surface area contributed by atoms with Gasteiger partial charge in [-0.25, -0.2) is 4.98 Å². The summed E-state index contributed by atoms with van der Waals surface area (Å²) in [5, 5.41) is 1.48. The molecule has 0 aliphatic rings. The van der Waals surface area contributed by atoms with Gasteiger partial charge in [0.1, 0.15) is 5.03 Å². The molecule has 2 rings (SSSR count). The van der Waals surface area contributed by atoms with Crippen molar-refractivity contribution in [1.82, 2.24) is 4.98 Å². The van der Waals surface area contributed by atoms with Crippen LogP contribution in [0.2, 0.25) is 5.02 Å². The van der Waals surface area contributed by atoms with E-state index in [2.05, 4.69) is 24.0 Å². The lowest BCUT2D eigenvalue weighted by atomic mass is 10.1. The van der Waals surface area contributed by atoms with Crippen molar-refractivity contribution in [2.24, 2.45) is 5.73 Å². The summed E-state index contributed by atoms with van der Waals surface area (Å²) in [6, 6.07) is 11.9. The van der Waals surface area contributed by atoms with E-state index in [1.165, 1.54) is 0 Å². The summed E-state index contributed by atoms with van der Waals surface area (Å²) >= 11 is 7.69. The molecule has 0 amide bonds. The standard InChI is InChI=1S/C14H15ClN2S/c1-2-12(16)10-6-3-4-8-13(10)18-14-11(15)7-5-9-17-14/h3-9,12H,2,16H2,1H3/t12-/m0/s1. The highest BCUT2D eigenvalue weighted by atomic mass is 35.5. The van der Waals surface area contributed by atoms with E-state index >= 15 is 0 Å². The van der Waals surface area contributed by atoms with Crippen molar-refractivity contribution >= 4 is 23.4 Å². The number of benzene rings is 1. The van der Waals surface area contributed by atoms with Crippen molar-refractivity contribution in [3.8, 4) is 0 Å². The van der Waals surface area contributed by atoms with E-state index < -0.39 is 0 Å². The van der Waals surface area contributed by atoms with Crippen LogP contribution in [0.1, 0.15) is 24.9 Å². The first-order chi connectivity index (χ1) is 8.72. The molecule has 0 aliphatic carbocycles. The van der Waals surface area contributed by atoms with Crippen molar-refractivity contribution in [1.29, 1.82) is 0 Å². The summed E-state index contributed by atoms with van der Waals surface area (Å²) in [6.07, 6.45) is 2.66. The highest BCUT2D eigenvalue weighted by Gasteiger charge is 2.11. The monoisotopic (exact) mass is 278 g/mol. The summed E-state index contributed by atoms with van der Waals surface area (Å²) in [5.74, 6) is 0. The number of nitrogens with zero attached hydrogens (tertiary/aromatic N) is 1. The maximum absolute atomic E-state index is 6.13. The van der Waals surface area contributed by atoms with Crippen molar-refractivity contribution in [2.75, 3.05) is 0 Å². The maximum atomic E-state index is 6.13. The van der Waals surface area contributed by atoms with Crippen LogP contribution in [0.25, 0.3) is 0 Å². The molecule has 2 N–H and O–H groups in total. The average Bonchev–Trinajstić information content (AvgIpc) is 2.41. The zero-order valence-corrected chi connectivity index (χ0v) is 11.7. The largest absolute Gasteiger partial charge is 0.324 e. The number of aromatic nitrogens is 1. The quantitative estimate of drug-likeness (QED) is 0.906. The van der Waals surface area contributed by atoms with E-state index in [1.807, 2.05) is 24.3 Å². The van der Waals surface area contributed by atoms with Crippen molar-refractivity contribution < 1.29 is 0 Å². The fraction of sp³-hybridized carbons (Fsp3) is 0.214. The number of rotatable bonds is 4. The number of nitrogens with two attached hydrogens (primary N) is 1. The zero-order valence-electron chi connectivity index (χ0n) is 10.1. The Bertz CT molecular complexity index is 531. The topological polar surface area (TPSA) is 38.9 Å². The van der Waals surface area contributed by atoms with Crippen LogP contribution in [0.15, 0.2) is 52.5 Å². The Hall–Kier alpha value is -1.03. The van der Waals surface area contributed by atoms with Gasteiger partial charge < -0.3 is 5.73 Å². The fourth-order valence-electron chi connectivity index (χ4n) is 1.65. The third kappa shape index (κ3) is 3.05. The van der Waals surface area contributed by atoms with Crippen molar-refractivity contribution in [3.63, 3.8) is 0 Å². The molecule has 0 spiro atoms. The van der Waals surface area contributed by atoms with Gasteiger partial charge in [0.05, 0.1) is 5.02 Å². The molecule has 0 aliphatic heterocycles. The van der Waals surface area contributed by atoms with E-state index in [9.17, 15) is 0 Å². The molecular weight excluding hydrogens is 264 g/mol. The summed E-state index contributed by atoms with van der Waals surface area (Å²) in [4.78, 5) is 5.41. The Morgan fingerprint density at radius 1 is 1.28 bits per heavy atom. The minimum atomic E-state index is 0.0520. The Balaban J connectivity index is 2.32. The summed E-state index contributed by atoms with van der Waals surface area (Å²) in [5.41, 5.74) is 7.27. The lowest BCUT2D eigenvalue weighted by molar-refractivity contribution is 0.685. The van der Waals surface area contributed by atoms with Crippen LogP contribution in [0.5, 0.6) is 0 Å². The van der Waals surface area contributed by atoms with Crippen LogP contribution >= 0.6 is 23.4 Å². The van der Waals surface area contributed by atoms with Gasteiger partial charge in [0.15, 0.2) is 0 Å². The molecule has 94 valence electrons. The fourth-order valence-corrected chi connectivity index (χ4v) is 2.86. The normalized spacial score (nSPS) is 12.4. The summed E-state index contributed by atoms with van der Waals surface area (Å²) in [6.45, 7) is 2.08. The third-order valence-electron chi connectivity index (χ3n) is 2.69. The highest BCUT2D eigenvalue weighted by molar-refractivity contribution is 7.99. The van der Waals surface area contributed by atoms with Crippen LogP contribution in [0.4, 0.5) is 0 Å². The van der Waals surface area contributed by atoms with Gasteiger partial charge >= 0.3 is 0 Å². The molecule has 1 aromatic carbocycles. The van der Waals surface area contributed by atoms with Crippen molar-refractivity contribution in [2.45, 2.75) is 29.3 Å². The van der Waals surface area contributed by atoms with Crippen LogP contribution in [-0.4, -0.2) is 4.98 Å². The molecule has 2 nitrogen and oxygen atoms in total. The second-order valence-electron chi connectivity index (χ2n) is 3.95. The summed E-state index contributed by atoms with van der Waals surface area (Å²) in [7, 11) is 0. The van der Waals surface area contributed by atoms with Gasteiger partial charge in [0.2, 0.25) is 0 Å². The molecule has 0 bridgehead atoms. The second-order valence-corrected chi connectivity index (χ2v) is 5.38. The van der Waals surface area contributed by atoms with Gasteiger partial charge in [-0.1, -0.05) is 48.5 Å². The zero-order chi connectivity index (χ0) is 13.0. The molecule has 4 heteroatoms. The number of hydrogen-bond donors (Lipinski definition) is 1. The highest BCUT2D eigenvalue weighted by Crippen LogP contribution is 2.35. The molecule has 18 heavy (non-hydrogen) atoms. The first-order valence-electron chi connectivity index (χ1n) is 5.85. The number of hydrogen-bond acceptors (Lipinski definition) is 3. The minimum Gasteiger partial charge on any atom is -0.324 e. The smallest absolute Gasteiger partial charge is 0.119 e. The summed E-state index contributed by atoms with van der Waals surface area (Å²) < 4.78 is 0. The number of pyridine rings is 1. The minimum absolute atomic E-state index is 0.0520. The molecule has 0 fully saturated rings. The van der Waals surface area contributed by atoms with Crippen LogP contribution in [0, 0.1) is 0 Å².